The number of benzene rings is 1. The third kappa shape index (κ3) is 1.26. The molecule has 1 heterocycles. The van der Waals surface area contributed by atoms with Crippen molar-refractivity contribution in [2.75, 3.05) is 0 Å². The lowest BCUT2D eigenvalue weighted by molar-refractivity contribution is 0.502. The van der Waals surface area contributed by atoms with E-state index in [0.29, 0.717) is 5.58 Å². The summed E-state index contributed by atoms with van der Waals surface area (Å²) in [6, 6.07) is 7.48. The fraction of sp³-hybridized carbons (Fsp3) is 0.300. The van der Waals surface area contributed by atoms with Gasteiger partial charge in [-0.1, -0.05) is 19.1 Å². The number of hydrogen-bond acceptors (Lipinski definition) is 2. The summed E-state index contributed by atoms with van der Waals surface area (Å²) in [5.41, 5.74) is 1.55. The zero-order valence-electron chi connectivity index (χ0n) is 7.49. The number of aromatic nitrogens is 1. The van der Waals surface area contributed by atoms with Gasteiger partial charge in [-0.25, -0.2) is 4.79 Å². The summed E-state index contributed by atoms with van der Waals surface area (Å²) in [6.45, 7) is 2.75. The minimum atomic E-state index is -0.261. The molecule has 0 amide bonds. The molecule has 0 fully saturated rings. The highest BCUT2D eigenvalue weighted by molar-refractivity contribution is 5.72. The normalized spacial score (nSPS) is 10.8. The van der Waals surface area contributed by atoms with Crippen molar-refractivity contribution in [3.8, 4) is 0 Å². The second kappa shape index (κ2) is 3.09. The van der Waals surface area contributed by atoms with Crippen molar-refractivity contribution >= 4 is 11.1 Å². The van der Waals surface area contributed by atoms with Crippen molar-refractivity contribution in [3.63, 3.8) is 0 Å². The Labute approximate surface area is 75.6 Å². The second-order valence-corrected chi connectivity index (χ2v) is 2.99. The molecule has 2 aromatic rings. The number of para-hydroxylation sites is 2. The number of hydrogen-bond donors (Lipinski definition) is 0. The number of nitrogens with zero attached hydrogens (tertiary/aromatic N) is 1. The number of rotatable bonds is 2. The molecule has 68 valence electrons. The van der Waals surface area contributed by atoms with Gasteiger partial charge in [0.15, 0.2) is 5.58 Å². The van der Waals surface area contributed by atoms with Crippen LogP contribution in [0.3, 0.4) is 0 Å². The largest absolute Gasteiger partial charge is 0.419 e. The van der Waals surface area contributed by atoms with E-state index in [1.807, 2.05) is 31.2 Å². The van der Waals surface area contributed by atoms with Crippen LogP contribution in [0.1, 0.15) is 13.3 Å². The first kappa shape index (κ1) is 8.10. The highest BCUT2D eigenvalue weighted by atomic mass is 16.4. The van der Waals surface area contributed by atoms with E-state index in [4.69, 9.17) is 4.42 Å². The summed E-state index contributed by atoms with van der Waals surface area (Å²) in [7, 11) is 0. The van der Waals surface area contributed by atoms with Crippen molar-refractivity contribution < 1.29 is 4.42 Å². The Morgan fingerprint density at radius 1 is 1.38 bits per heavy atom. The lowest BCUT2D eigenvalue weighted by atomic mass is 10.3. The molecule has 0 saturated carbocycles. The molecule has 0 aliphatic carbocycles. The van der Waals surface area contributed by atoms with Gasteiger partial charge in [0.2, 0.25) is 0 Å². The van der Waals surface area contributed by atoms with Crippen LogP contribution >= 0.6 is 0 Å². The number of oxazole rings is 1. The molecular weight excluding hydrogens is 166 g/mol. The Kier molecular flexibility index (Phi) is 1.93. The first-order valence-corrected chi connectivity index (χ1v) is 4.41. The van der Waals surface area contributed by atoms with E-state index in [1.165, 1.54) is 0 Å². The third-order valence-electron chi connectivity index (χ3n) is 2.02. The van der Waals surface area contributed by atoms with Crippen LogP contribution in [-0.2, 0) is 6.54 Å². The predicted molar refractivity (Wildman–Crippen MR) is 50.8 cm³/mol. The summed E-state index contributed by atoms with van der Waals surface area (Å²) in [5.74, 6) is -0.261. The summed E-state index contributed by atoms with van der Waals surface area (Å²) in [4.78, 5) is 11.3. The van der Waals surface area contributed by atoms with Crippen molar-refractivity contribution in [1.82, 2.24) is 4.57 Å². The van der Waals surface area contributed by atoms with E-state index in [9.17, 15) is 4.79 Å². The average molecular weight is 177 g/mol. The van der Waals surface area contributed by atoms with E-state index < -0.39 is 0 Å². The second-order valence-electron chi connectivity index (χ2n) is 2.99. The molecule has 0 aliphatic heterocycles. The Morgan fingerprint density at radius 3 is 2.92 bits per heavy atom. The summed E-state index contributed by atoms with van der Waals surface area (Å²) >= 11 is 0. The predicted octanol–water partition coefficient (Wildman–Crippen LogP) is 2.00. The smallest absolute Gasteiger partial charge is 0.408 e. The van der Waals surface area contributed by atoms with Crippen LogP contribution in [-0.4, -0.2) is 4.57 Å². The lowest BCUT2D eigenvalue weighted by Crippen LogP contribution is -2.13. The average Bonchev–Trinajstić information content (AvgIpc) is 2.44. The standard InChI is InChI=1S/C10H11NO2/c1-2-7-11-8-5-3-4-6-9(8)13-10(11)12/h3-6H,2,7H2,1H3. The molecule has 1 aromatic heterocycles. The molecule has 3 heteroatoms. The van der Waals surface area contributed by atoms with Crippen LogP contribution in [0.15, 0.2) is 33.5 Å². The molecule has 3 nitrogen and oxygen atoms in total. The quantitative estimate of drug-likeness (QED) is 0.703. The summed E-state index contributed by atoms with van der Waals surface area (Å²) in [5, 5.41) is 0. The first-order chi connectivity index (χ1) is 6.33. The van der Waals surface area contributed by atoms with Crippen molar-refractivity contribution in [2.45, 2.75) is 19.9 Å². The van der Waals surface area contributed by atoms with E-state index >= 15 is 0 Å². The summed E-state index contributed by atoms with van der Waals surface area (Å²) < 4.78 is 6.72. The minimum Gasteiger partial charge on any atom is -0.408 e. The molecular formula is C10H11NO2. The van der Waals surface area contributed by atoms with E-state index in [0.717, 1.165) is 18.5 Å². The fourth-order valence-electron chi connectivity index (χ4n) is 1.45. The Morgan fingerprint density at radius 2 is 2.15 bits per heavy atom. The minimum absolute atomic E-state index is 0.261. The molecule has 1 aromatic carbocycles. The molecule has 0 saturated heterocycles. The molecule has 0 aliphatic rings. The first-order valence-electron chi connectivity index (χ1n) is 4.41. The molecule has 2 rings (SSSR count). The molecule has 0 N–H and O–H groups in total. The van der Waals surface area contributed by atoms with Crippen LogP contribution in [0.4, 0.5) is 0 Å². The number of fused-ring (bicyclic) bond motifs is 1. The van der Waals surface area contributed by atoms with Crippen molar-refractivity contribution in [1.29, 1.82) is 0 Å². The van der Waals surface area contributed by atoms with Gasteiger partial charge in [-0.2, -0.15) is 0 Å². The molecule has 0 spiro atoms. The van der Waals surface area contributed by atoms with Crippen LogP contribution < -0.4 is 5.76 Å². The van der Waals surface area contributed by atoms with E-state index in [-0.39, 0.29) is 5.76 Å². The van der Waals surface area contributed by atoms with Crippen molar-refractivity contribution in [2.24, 2.45) is 0 Å². The van der Waals surface area contributed by atoms with Gasteiger partial charge in [0, 0.05) is 6.54 Å². The van der Waals surface area contributed by atoms with Crippen LogP contribution in [0, 0.1) is 0 Å². The molecule has 0 atom stereocenters. The summed E-state index contributed by atoms with van der Waals surface area (Å²) in [6.07, 6.45) is 0.934. The van der Waals surface area contributed by atoms with E-state index in [2.05, 4.69) is 0 Å². The monoisotopic (exact) mass is 177 g/mol. The number of aryl methyl sites for hydroxylation is 1. The third-order valence-corrected chi connectivity index (χ3v) is 2.02. The van der Waals surface area contributed by atoms with Gasteiger partial charge in [0.05, 0.1) is 5.52 Å². The topological polar surface area (TPSA) is 35.1 Å². The fourth-order valence-corrected chi connectivity index (χ4v) is 1.45. The zero-order chi connectivity index (χ0) is 9.26. The van der Waals surface area contributed by atoms with Crippen molar-refractivity contribution in [3.05, 3.63) is 34.8 Å². The van der Waals surface area contributed by atoms with Gasteiger partial charge >= 0.3 is 5.76 Å². The van der Waals surface area contributed by atoms with Crippen LogP contribution in [0.2, 0.25) is 0 Å². The van der Waals surface area contributed by atoms with Gasteiger partial charge < -0.3 is 4.42 Å². The zero-order valence-corrected chi connectivity index (χ0v) is 7.49. The molecule has 13 heavy (non-hydrogen) atoms. The Balaban J connectivity index is 2.71. The van der Waals surface area contributed by atoms with E-state index in [1.54, 1.807) is 4.57 Å². The maximum Gasteiger partial charge on any atom is 0.419 e. The SMILES string of the molecule is CCCn1c(=O)oc2ccccc21. The van der Waals surface area contributed by atoms with Crippen LogP contribution in [0.25, 0.3) is 11.1 Å². The van der Waals surface area contributed by atoms with Gasteiger partial charge in [-0.15, -0.1) is 0 Å². The Hall–Kier alpha value is -1.51. The van der Waals surface area contributed by atoms with Gasteiger partial charge in [-0.05, 0) is 18.6 Å². The lowest BCUT2D eigenvalue weighted by Gasteiger charge is -1.96. The maximum absolute atomic E-state index is 11.3. The highest BCUT2D eigenvalue weighted by Crippen LogP contribution is 2.11. The molecule has 0 unspecified atom stereocenters. The molecule has 0 bridgehead atoms. The Bertz CT molecular complexity index is 467. The van der Waals surface area contributed by atoms with Gasteiger partial charge in [0.1, 0.15) is 0 Å². The maximum atomic E-state index is 11.3. The van der Waals surface area contributed by atoms with Gasteiger partial charge in [-0.3, -0.25) is 4.57 Å². The highest BCUT2D eigenvalue weighted by Gasteiger charge is 2.05. The molecule has 0 radical (unpaired) electrons. The van der Waals surface area contributed by atoms with Gasteiger partial charge in [0.25, 0.3) is 0 Å². The van der Waals surface area contributed by atoms with Crippen LogP contribution in [0.5, 0.6) is 0 Å².